The van der Waals surface area contributed by atoms with Gasteiger partial charge in [0.2, 0.25) is 5.91 Å². The minimum atomic E-state index is -4.59. The second-order valence-corrected chi connectivity index (χ2v) is 7.67. The number of rotatable bonds is 2. The van der Waals surface area contributed by atoms with Crippen LogP contribution in [0.5, 0.6) is 5.75 Å². The Kier molecular flexibility index (Phi) is 3.69. The number of benzene rings is 2. The molecular weight excluding hydrogens is 425 g/mol. The first-order valence-electron chi connectivity index (χ1n) is 9.72. The van der Waals surface area contributed by atoms with Crippen LogP contribution in [-0.2, 0) is 22.9 Å². The molecule has 0 saturated carbocycles. The number of alkyl halides is 3. The SMILES string of the molecule is O=C1N(Cc2ncccc2C(F)(F)F)c2ccccc2C12COc1ccc3nonc3c12. The summed E-state index contributed by atoms with van der Waals surface area (Å²) in [5.41, 5.74) is 0.105. The smallest absolute Gasteiger partial charge is 0.418 e. The highest BCUT2D eigenvalue weighted by Crippen LogP contribution is 2.54. The molecule has 32 heavy (non-hydrogen) atoms. The van der Waals surface area contributed by atoms with Gasteiger partial charge in [-0.15, -0.1) is 0 Å². The fourth-order valence-electron chi connectivity index (χ4n) is 4.66. The molecule has 4 aromatic rings. The third-order valence-corrected chi connectivity index (χ3v) is 6.03. The number of amides is 1. The van der Waals surface area contributed by atoms with Crippen LogP contribution in [0.2, 0.25) is 0 Å². The summed E-state index contributed by atoms with van der Waals surface area (Å²) in [5, 5.41) is 7.83. The molecule has 0 saturated heterocycles. The summed E-state index contributed by atoms with van der Waals surface area (Å²) in [7, 11) is 0. The Labute approximate surface area is 178 Å². The summed E-state index contributed by atoms with van der Waals surface area (Å²) in [6, 6.07) is 12.5. The molecule has 7 nitrogen and oxygen atoms in total. The number of anilines is 1. The van der Waals surface area contributed by atoms with Gasteiger partial charge in [-0.2, -0.15) is 13.2 Å². The molecular formula is C22H13F3N4O3. The topological polar surface area (TPSA) is 81.4 Å². The Hall–Kier alpha value is -3.95. The van der Waals surface area contributed by atoms with E-state index in [4.69, 9.17) is 9.37 Å². The molecule has 0 radical (unpaired) electrons. The van der Waals surface area contributed by atoms with Gasteiger partial charge in [-0.05, 0) is 46.2 Å². The number of hydrogen-bond acceptors (Lipinski definition) is 6. The van der Waals surface area contributed by atoms with Crippen LogP contribution in [0, 0.1) is 0 Å². The quantitative estimate of drug-likeness (QED) is 0.473. The lowest BCUT2D eigenvalue weighted by molar-refractivity contribution is -0.138. The highest BCUT2D eigenvalue weighted by molar-refractivity contribution is 6.13. The molecule has 10 heteroatoms. The Morgan fingerprint density at radius 3 is 2.75 bits per heavy atom. The summed E-state index contributed by atoms with van der Waals surface area (Å²) in [6.07, 6.45) is -3.31. The maximum Gasteiger partial charge on any atom is 0.418 e. The first-order valence-corrected chi connectivity index (χ1v) is 9.72. The van der Waals surface area contributed by atoms with Gasteiger partial charge >= 0.3 is 6.18 Å². The molecule has 1 atom stereocenters. The number of carbonyl (C=O) groups is 1. The van der Waals surface area contributed by atoms with E-state index >= 15 is 0 Å². The van der Waals surface area contributed by atoms with Gasteiger partial charge in [0.05, 0.1) is 17.8 Å². The minimum absolute atomic E-state index is 0.00496. The third-order valence-electron chi connectivity index (χ3n) is 6.03. The molecule has 1 spiro atoms. The standard InChI is InChI=1S/C22H13F3N4O3/c23-22(24,25)12-5-3-9-26-15(12)10-29-16-6-2-1-4-13(16)21(20(29)30)11-31-17-8-7-14-19(18(17)21)28-32-27-14/h1-9H,10-11H2. The van der Waals surface area contributed by atoms with Crippen molar-refractivity contribution in [3.05, 3.63) is 77.1 Å². The average Bonchev–Trinajstić information content (AvgIpc) is 3.46. The zero-order valence-electron chi connectivity index (χ0n) is 16.3. The molecule has 0 fully saturated rings. The molecule has 2 aliphatic heterocycles. The van der Waals surface area contributed by atoms with Crippen molar-refractivity contribution >= 4 is 22.6 Å². The molecule has 160 valence electrons. The van der Waals surface area contributed by atoms with E-state index in [1.807, 2.05) is 0 Å². The van der Waals surface area contributed by atoms with Gasteiger partial charge in [-0.1, -0.05) is 18.2 Å². The van der Waals surface area contributed by atoms with Crippen molar-refractivity contribution < 1.29 is 27.3 Å². The predicted molar refractivity (Wildman–Crippen MR) is 105 cm³/mol. The molecule has 2 aliphatic rings. The second-order valence-electron chi connectivity index (χ2n) is 7.67. The summed E-state index contributed by atoms with van der Waals surface area (Å²) >= 11 is 0. The summed E-state index contributed by atoms with van der Waals surface area (Å²) in [6.45, 7) is -0.343. The molecule has 2 aromatic heterocycles. The predicted octanol–water partition coefficient (Wildman–Crippen LogP) is 3.86. The van der Waals surface area contributed by atoms with Gasteiger partial charge in [0.1, 0.15) is 28.8 Å². The summed E-state index contributed by atoms with van der Waals surface area (Å²) in [5.74, 6) is 0.0544. The number of fused-ring (bicyclic) bond motifs is 6. The zero-order valence-corrected chi connectivity index (χ0v) is 16.3. The van der Waals surface area contributed by atoms with E-state index in [-0.39, 0.29) is 18.8 Å². The van der Waals surface area contributed by atoms with E-state index in [9.17, 15) is 18.0 Å². The largest absolute Gasteiger partial charge is 0.491 e. The van der Waals surface area contributed by atoms with Crippen molar-refractivity contribution in [2.45, 2.75) is 18.1 Å². The van der Waals surface area contributed by atoms with Crippen LogP contribution < -0.4 is 9.64 Å². The van der Waals surface area contributed by atoms with Crippen molar-refractivity contribution in [1.29, 1.82) is 0 Å². The Bertz CT molecular complexity index is 1400. The van der Waals surface area contributed by atoms with Crippen LogP contribution in [0.1, 0.15) is 22.4 Å². The van der Waals surface area contributed by atoms with Crippen molar-refractivity contribution in [3.8, 4) is 5.75 Å². The van der Waals surface area contributed by atoms with Crippen molar-refractivity contribution in [3.63, 3.8) is 0 Å². The highest BCUT2D eigenvalue weighted by atomic mass is 19.4. The first-order chi connectivity index (χ1) is 15.4. The fourth-order valence-corrected chi connectivity index (χ4v) is 4.66. The highest BCUT2D eigenvalue weighted by Gasteiger charge is 2.58. The normalized spacial score (nSPS) is 19.5. The average molecular weight is 438 g/mol. The van der Waals surface area contributed by atoms with E-state index in [2.05, 4.69) is 15.3 Å². The maximum absolute atomic E-state index is 13.9. The van der Waals surface area contributed by atoms with Gasteiger partial charge in [0, 0.05) is 17.4 Å². The van der Waals surface area contributed by atoms with Crippen LogP contribution in [-0.4, -0.2) is 27.8 Å². The maximum atomic E-state index is 13.9. The van der Waals surface area contributed by atoms with Gasteiger partial charge in [-0.25, -0.2) is 4.63 Å². The Morgan fingerprint density at radius 1 is 1.06 bits per heavy atom. The zero-order chi connectivity index (χ0) is 22.1. The second kappa shape index (κ2) is 6.28. The minimum Gasteiger partial charge on any atom is -0.491 e. The molecule has 1 unspecified atom stereocenters. The van der Waals surface area contributed by atoms with E-state index in [0.717, 1.165) is 6.07 Å². The van der Waals surface area contributed by atoms with Gasteiger partial charge in [0.15, 0.2) is 0 Å². The number of halogens is 3. The molecule has 1 amide bonds. The molecule has 0 aliphatic carbocycles. The summed E-state index contributed by atoms with van der Waals surface area (Å²) < 4.78 is 51.4. The van der Waals surface area contributed by atoms with E-state index in [1.165, 1.54) is 17.2 Å². The summed E-state index contributed by atoms with van der Waals surface area (Å²) in [4.78, 5) is 19.2. The monoisotopic (exact) mass is 438 g/mol. The Balaban J connectivity index is 1.54. The lowest BCUT2D eigenvalue weighted by atomic mass is 9.76. The lowest BCUT2D eigenvalue weighted by Crippen LogP contribution is -2.42. The number of pyridine rings is 1. The van der Waals surface area contributed by atoms with Crippen LogP contribution in [0.3, 0.4) is 0 Å². The van der Waals surface area contributed by atoms with Crippen LogP contribution >= 0.6 is 0 Å². The number of carbonyl (C=O) groups excluding carboxylic acids is 1. The number of aromatic nitrogens is 3. The molecule has 0 N–H and O–H groups in total. The fraction of sp³-hybridized carbons (Fsp3) is 0.182. The van der Waals surface area contributed by atoms with Gasteiger partial charge in [0.25, 0.3) is 0 Å². The number of hydrogen-bond donors (Lipinski definition) is 0. The number of ether oxygens (including phenoxy) is 1. The van der Waals surface area contributed by atoms with E-state index in [1.54, 1.807) is 36.4 Å². The first kappa shape index (κ1) is 18.8. The molecule has 2 aromatic carbocycles. The lowest BCUT2D eigenvalue weighted by Gasteiger charge is -2.23. The van der Waals surface area contributed by atoms with E-state index in [0.29, 0.717) is 33.6 Å². The van der Waals surface area contributed by atoms with Gasteiger partial charge in [-0.3, -0.25) is 9.78 Å². The Morgan fingerprint density at radius 2 is 1.91 bits per heavy atom. The van der Waals surface area contributed by atoms with Crippen LogP contribution in [0.25, 0.3) is 11.0 Å². The third kappa shape index (κ3) is 2.37. The number of para-hydroxylation sites is 1. The van der Waals surface area contributed by atoms with Gasteiger partial charge < -0.3 is 9.64 Å². The van der Waals surface area contributed by atoms with Crippen LogP contribution in [0.15, 0.2) is 59.4 Å². The molecule has 0 bridgehead atoms. The van der Waals surface area contributed by atoms with Crippen molar-refractivity contribution in [2.24, 2.45) is 0 Å². The van der Waals surface area contributed by atoms with E-state index < -0.39 is 23.1 Å². The van der Waals surface area contributed by atoms with Crippen molar-refractivity contribution in [2.75, 3.05) is 11.5 Å². The number of nitrogens with zero attached hydrogens (tertiary/aromatic N) is 4. The molecule has 4 heterocycles. The van der Waals surface area contributed by atoms with Crippen LogP contribution in [0.4, 0.5) is 18.9 Å². The van der Waals surface area contributed by atoms with Crippen molar-refractivity contribution in [1.82, 2.24) is 15.3 Å². The molecule has 6 rings (SSSR count).